The van der Waals surface area contributed by atoms with E-state index in [0.29, 0.717) is 6.04 Å². The van der Waals surface area contributed by atoms with Crippen LogP contribution in [0.5, 0.6) is 0 Å². The van der Waals surface area contributed by atoms with Crippen LogP contribution in [-0.4, -0.2) is 68.1 Å². The van der Waals surface area contributed by atoms with Gasteiger partial charge in [-0.3, -0.25) is 14.8 Å². The predicted molar refractivity (Wildman–Crippen MR) is 125 cm³/mol. The lowest BCUT2D eigenvalue weighted by atomic mass is 10.00. The fraction of sp³-hybridized carbons (Fsp3) is 0.667. The van der Waals surface area contributed by atoms with E-state index in [-0.39, 0.29) is 24.0 Å². The minimum atomic E-state index is 0. The molecule has 1 atom stereocenters. The fourth-order valence-electron chi connectivity index (χ4n) is 4.23. The monoisotopic (exact) mass is 485 g/mol. The lowest BCUT2D eigenvalue weighted by molar-refractivity contribution is 0.251. The zero-order chi connectivity index (χ0) is 18.2. The van der Waals surface area contributed by atoms with Gasteiger partial charge in [0.05, 0.1) is 0 Å². The standard InChI is InChI=1S/C21H35N5.HI/c1-3-26-14-6-10-20(26)16-24-21(22-2)23-12-7-13-25-15-11-18-8-4-5-9-19(18)17-25;/h4-5,8-9,20H,3,6-7,10-17H2,1-2H3,(H2,22,23,24);1H. The van der Waals surface area contributed by atoms with E-state index in [1.165, 1.54) is 43.5 Å². The Balaban J connectivity index is 0.00000261. The molecule has 0 aliphatic carbocycles. The van der Waals surface area contributed by atoms with Crippen LogP contribution in [0.4, 0.5) is 0 Å². The van der Waals surface area contributed by atoms with Crippen LogP contribution in [-0.2, 0) is 13.0 Å². The highest BCUT2D eigenvalue weighted by atomic mass is 127. The number of likely N-dealkylation sites (tertiary alicyclic amines) is 1. The Morgan fingerprint density at radius 1 is 1.19 bits per heavy atom. The Morgan fingerprint density at radius 2 is 2.00 bits per heavy atom. The molecule has 1 fully saturated rings. The SMILES string of the molecule is CCN1CCCC1CNC(=NC)NCCCN1CCc2ccccc2C1.I. The van der Waals surface area contributed by atoms with Gasteiger partial charge in [0.2, 0.25) is 0 Å². The third-order valence-corrected chi connectivity index (χ3v) is 5.79. The van der Waals surface area contributed by atoms with Gasteiger partial charge in [0.15, 0.2) is 5.96 Å². The molecule has 1 aromatic rings. The number of rotatable bonds is 7. The number of aliphatic imine (C=N–C) groups is 1. The van der Waals surface area contributed by atoms with Gasteiger partial charge in [-0.15, -0.1) is 24.0 Å². The first-order valence-corrected chi connectivity index (χ1v) is 10.3. The van der Waals surface area contributed by atoms with Crippen molar-refractivity contribution < 1.29 is 0 Å². The van der Waals surface area contributed by atoms with E-state index in [1.54, 1.807) is 0 Å². The number of halogens is 1. The van der Waals surface area contributed by atoms with Crippen LogP contribution in [0.1, 0.15) is 37.3 Å². The number of guanidine groups is 1. The van der Waals surface area contributed by atoms with Gasteiger partial charge in [-0.05, 0) is 49.9 Å². The van der Waals surface area contributed by atoms with E-state index in [1.807, 2.05) is 7.05 Å². The van der Waals surface area contributed by atoms with Gasteiger partial charge in [0.1, 0.15) is 0 Å². The lowest BCUT2D eigenvalue weighted by Crippen LogP contribution is -2.45. The highest BCUT2D eigenvalue weighted by Gasteiger charge is 2.22. The van der Waals surface area contributed by atoms with Crippen molar-refractivity contribution in [3.63, 3.8) is 0 Å². The Bertz CT molecular complexity index is 592. The first-order valence-electron chi connectivity index (χ1n) is 10.3. The molecule has 0 spiro atoms. The normalized spacial score (nSPS) is 20.8. The second kappa shape index (κ2) is 11.9. The van der Waals surface area contributed by atoms with E-state index in [2.05, 4.69) is 56.6 Å². The molecule has 1 unspecified atom stereocenters. The maximum Gasteiger partial charge on any atom is 0.191 e. The average Bonchev–Trinajstić information content (AvgIpc) is 3.15. The third-order valence-electron chi connectivity index (χ3n) is 5.79. The van der Waals surface area contributed by atoms with Crippen LogP contribution in [0.15, 0.2) is 29.3 Å². The topological polar surface area (TPSA) is 42.9 Å². The molecule has 0 bridgehead atoms. The summed E-state index contributed by atoms with van der Waals surface area (Å²) in [6.07, 6.45) is 4.95. The molecule has 5 nitrogen and oxygen atoms in total. The quantitative estimate of drug-likeness (QED) is 0.270. The molecule has 0 saturated carbocycles. The fourth-order valence-corrected chi connectivity index (χ4v) is 4.23. The van der Waals surface area contributed by atoms with E-state index < -0.39 is 0 Å². The maximum absolute atomic E-state index is 4.38. The first-order chi connectivity index (χ1) is 12.8. The highest BCUT2D eigenvalue weighted by molar-refractivity contribution is 14.0. The summed E-state index contributed by atoms with van der Waals surface area (Å²) in [4.78, 5) is 9.51. The summed E-state index contributed by atoms with van der Waals surface area (Å²) in [5.74, 6) is 0.942. The Hall–Kier alpha value is -0.860. The molecule has 1 aromatic carbocycles. The van der Waals surface area contributed by atoms with E-state index in [0.717, 1.165) is 45.1 Å². The van der Waals surface area contributed by atoms with Crippen molar-refractivity contribution in [2.75, 3.05) is 46.3 Å². The second-order valence-corrected chi connectivity index (χ2v) is 7.45. The Labute approximate surface area is 182 Å². The first kappa shape index (κ1) is 22.4. The van der Waals surface area contributed by atoms with Gasteiger partial charge in [-0.1, -0.05) is 31.2 Å². The number of hydrogen-bond acceptors (Lipinski definition) is 3. The molecule has 152 valence electrons. The predicted octanol–water partition coefficient (Wildman–Crippen LogP) is 2.70. The van der Waals surface area contributed by atoms with Crippen molar-refractivity contribution in [1.82, 2.24) is 20.4 Å². The average molecular weight is 485 g/mol. The molecule has 0 radical (unpaired) electrons. The Kier molecular flexibility index (Phi) is 9.86. The van der Waals surface area contributed by atoms with Crippen LogP contribution in [0.3, 0.4) is 0 Å². The summed E-state index contributed by atoms with van der Waals surface area (Å²) in [5, 5.41) is 6.99. The van der Waals surface area contributed by atoms with Gasteiger partial charge >= 0.3 is 0 Å². The van der Waals surface area contributed by atoms with Gasteiger partial charge in [-0.25, -0.2) is 0 Å². The lowest BCUT2D eigenvalue weighted by Gasteiger charge is -2.28. The molecule has 2 N–H and O–H groups in total. The van der Waals surface area contributed by atoms with Crippen molar-refractivity contribution in [1.29, 1.82) is 0 Å². The summed E-state index contributed by atoms with van der Waals surface area (Å²) >= 11 is 0. The number of benzene rings is 1. The second-order valence-electron chi connectivity index (χ2n) is 7.45. The maximum atomic E-state index is 4.38. The van der Waals surface area contributed by atoms with E-state index >= 15 is 0 Å². The van der Waals surface area contributed by atoms with Crippen molar-refractivity contribution in [3.05, 3.63) is 35.4 Å². The smallest absolute Gasteiger partial charge is 0.191 e. The molecule has 27 heavy (non-hydrogen) atoms. The van der Waals surface area contributed by atoms with Crippen molar-refractivity contribution in [3.8, 4) is 0 Å². The van der Waals surface area contributed by atoms with Crippen molar-refractivity contribution in [2.24, 2.45) is 4.99 Å². The summed E-state index contributed by atoms with van der Waals surface area (Å²) in [6.45, 7) is 10.0. The molecule has 6 heteroatoms. The minimum absolute atomic E-state index is 0. The van der Waals surface area contributed by atoms with Crippen molar-refractivity contribution >= 4 is 29.9 Å². The number of fused-ring (bicyclic) bond motifs is 1. The summed E-state index contributed by atoms with van der Waals surface area (Å²) in [7, 11) is 1.86. The molecular formula is C21H36IN5. The third kappa shape index (κ3) is 6.61. The van der Waals surface area contributed by atoms with Gasteiger partial charge in [0, 0.05) is 45.8 Å². The van der Waals surface area contributed by atoms with Crippen molar-refractivity contribution in [2.45, 2.75) is 45.2 Å². The molecule has 2 aliphatic heterocycles. The number of hydrogen-bond donors (Lipinski definition) is 2. The molecular weight excluding hydrogens is 449 g/mol. The molecule has 2 aliphatic rings. The number of nitrogens with one attached hydrogen (secondary N) is 2. The number of nitrogens with zero attached hydrogens (tertiary/aromatic N) is 3. The Morgan fingerprint density at radius 3 is 2.78 bits per heavy atom. The molecule has 0 aromatic heterocycles. The van der Waals surface area contributed by atoms with Crippen LogP contribution in [0.2, 0.25) is 0 Å². The molecule has 1 saturated heterocycles. The van der Waals surface area contributed by atoms with Gasteiger partial charge < -0.3 is 10.6 Å². The van der Waals surface area contributed by atoms with Gasteiger partial charge in [-0.2, -0.15) is 0 Å². The molecule has 2 heterocycles. The minimum Gasteiger partial charge on any atom is -0.356 e. The summed E-state index contributed by atoms with van der Waals surface area (Å²) in [6, 6.07) is 9.51. The highest BCUT2D eigenvalue weighted by Crippen LogP contribution is 2.18. The molecule has 0 amide bonds. The zero-order valence-electron chi connectivity index (χ0n) is 16.9. The van der Waals surface area contributed by atoms with Crippen LogP contribution >= 0.6 is 24.0 Å². The summed E-state index contributed by atoms with van der Waals surface area (Å²) in [5.41, 5.74) is 3.03. The van der Waals surface area contributed by atoms with E-state index in [9.17, 15) is 0 Å². The number of likely N-dealkylation sites (N-methyl/N-ethyl adjacent to an activating group) is 1. The van der Waals surface area contributed by atoms with Crippen LogP contribution in [0.25, 0.3) is 0 Å². The van der Waals surface area contributed by atoms with Crippen LogP contribution in [0, 0.1) is 0 Å². The molecule has 3 rings (SSSR count). The van der Waals surface area contributed by atoms with Gasteiger partial charge in [0.25, 0.3) is 0 Å². The van der Waals surface area contributed by atoms with E-state index in [4.69, 9.17) is 0 Å². The zero-order valence-corrected chi connectivity index (χ0v) is 19.2. The van der Waals surface area contributed by atoms with Crippen LogP contribution < -0.4 is 10.6 Å². The largest absolute Gasteiger partial charge is 0.356 e. The summed E-state index contributed by atoms with van der Waals surface area (Å²) < 4.78 is 0.